The van der Waals surface area contributed by atoms with E-state index in [1.807, 2.05) is 0 Å². The maximum Gasteiger partial charge on any atom is 0.481 e. The molecule has 2 amide bonds. The Bertz CT molecular complexity index is 2150. The van der Waals surface area contributed by atoms with Crippen LogP contribution in [0.4, 0.5) is 5.82 Å². The van der Waals surface area contributed by atoms with Crippen molar-refractivity contribution in [2.75, 3.05) is 37.8 Å². The number of aromatic hydroxyl groups is 1. The van der Waals surface area contributed by atoms with E-state index in [0.717, 1.165) is 29.0 Å². The lowest BCUT2D eigenvalue weighted by Crippen LogP contribution is -2.46. The van der Waals surface area contributed by atoms with Crippen molar-refractivity contribution in [3.05, 3.63) is 48.6 Å². The zero-order valence-electron chi connectivity index (χ0n) is 31.0. The Morgan fingerprint density at radius 2 is 1.75 bits per heavy atom. The van der Waals surface area contributed by atoms with Crippen LogP contribution >= 0.6 is 35.2 Å². The summed E-state index contributed by atoms with van der Waals surface area (Å²) in [7, 11) is -16.4. The first-order valence-electron chi connectivity index (χ1n) is 17.0. The lowest BCUT2D eigenvalue weighted by atomic mass is 9.87. The van der Waals surface area contributed by atoms with Crippen molar-refractivity contribution in [3.63, 3.8) is 0 Å². The molecule has 0 bridgehead atoms. The fourth-order valence-electron chi connectivity index (χ4n) is 5.12. The van der Waals surface area contributed by atoms with Gasteiger partial charge in [-0.3, -0.25) is 32.5 Å². The number of thioether (sulfide) groups is 1. The minimum atomic E-state index is -5.59. The first-order chi connectivity index (χ1) is 27.5. The Balaban J connectivity index is 1.21. The number of phenolic OH excluding ortho intramolecular Hbond substituents is 1. The molecule has 326 valence electrons. The number of aliphatic hydroxyl groups excluding tert-OH is 2. The number of aromatic nitrogens is 4. The van der Waals surface area contributed by atoms with Gasteiger partial charge in [-0.25, -0.2) is 28.6 Å². The van der Waals surface area contributed by atoms with Gasteiger partial charge in [0, 0.05) is 36.2 Å². The number of nitrogens with two attached hydrogens (primary N) is 1. The lowest BCUT2D eigenvalue weighted by Gasteiger charge is -2.30. The maximum atomic E-state index is 12.7. The van der Waals surface area contributed by atoms with E-state index in [2.05, 4.69) is 34.4 Å². The smallest absolute Gasteiger partial charge is 0.481 e. The number of phosphoric acid groups is 3. The normalized spacial score (nSPS) is 21.2. The number of rotatable bonds is 21. The van der Waals surface area contributed by atoms with Crippen molar-refractivity contribution in [1.82, 2.24) is 30.2 Å². The monoisotopic (exact) mass is 913 g/mol. The molecule has 1 aliphatic rings. The molecule has 1 aliphatic heterocycles. The summed E-state index contributed by atoms with van der Waals surface area (Å²) in [6, 6.07) is 6.45. The molecule has 4 rings (SSSR count). The Kier molecular flexibility index (Phi) is 16.5. The van der Waals surface area contributed by atoms with E-state index in [0.29, 0.717) is 5.56 Å². The second-order valence-corrected chi connectivity index (χ2v) is 18.5. The molecule has 11 N–H and O–H groups in total. The van der Waals surface area contributed by atoms with Crippen LogP contribution in [0.3, 0.4) is 0 Å². The van der Waals surface area contributed by atoms with Crippen molar-refractivity contribution < 1.29 is 85.6 Å². The second kappa shape index (κ2) is 20.3. The highest BCUT2D eigenvalue weighted by Crippen LogP contribution is 2.61. The van der Waals surface area contributed by atoms with E-state index in [1.165, 1.54) is 32.1 Å². The Labute approximate surface area is 338 Å². The zero-order valence-corrected chi connectivity index (χ0v) is 34.5. The van der Waals surface area contributed by atoms with E-state index in [1.54, 1.807) is 18.2 Å². The number of para-hydroxylation sites is 1. The van der Waals surface area contributed by atoms with Gasteiger partial charge in [0.15, 0.2) is 17.7 Å². The lowest BCUT2D eigenvalue weighted by molar-refractivity contribution is -0.137. The molecule has 0 aliphatic carbocycles. The number of anilines is 1. The van der Waals surface area contributed by atoms with Gasteiger partial charge in [0.1, 0.15) is 42.0 Å². The SMILES string of the molecule is CC(C)(COP(=O)(O)OP(=O)(O)OCC1OC(n2cnc3c(N)ncnc32)C(O)C1OP(=O)(O)O)C(O)C(=O)NCCC(=O)NCCSC(=O)/C=C/c1ccccc1O. The maximum absolute atomic E-state index is 12.7. The van der Waals surface area contributed by atoms with Crippen LogP contribution < -0.4 is 16.4 Å². The van der Waals surface area contributed by atoms with Crippen molar-refractivity contribution in [2.45, 2.75) is 50.9 Å². The van der Waals surface area contributed by atoms with Crippen LogP contribution in [-0.2, 0) is 50.7 Å². The fraction of sp³-hybridized carbons (Fsp3) is 0.467. The topological polar surface area (TPSA) is 384 Å². The highest BCUT2D eigenvalue weighted by atomic mass is 32.2. The van der Waals surface area contributed by atoms with Crippen LogP contribution in [0.2, 0.25) is 0 Å². The Morgan fingerprint density at radius 1 is 1.05 bits per heavy atom. The van der Waals surface area contributed by atoms with Crippen molar-refractivity contribution in [1.29, 1.82) is 0 Å². The molecule has 1 aromatic carbocycles. The number of carbonyl (C=O) groups excluding carboxylic acids is 3. The van der Waals surface area contributed by atoms with Crippen LogP contribution in [0.5, 0.6) is 5.75 Å². The van der Waals surface area contributed by atoms with Gasteiger partial charge < -0.3 is 56.0 Å². The molecule has 0 spiro atoms. The molecule has 0 saturated carbocycles. The molecule has 0 radical (unpaired) electrons. The third-order valence-electron chi connectivity index (χ3n) is 8.08. The summed E-state index contributed by atoms with van der Waals surface area (Å²) in [6.45, 7) is 0.315. The van der Waals surface area contributed by atoms with Gasteiger partial charge >= 0.3 is 23.5 Å². The van der Waals surface area contributed by atoms with Crippen LogP contribution in [0.25, 0.3) is 17.2 Å². The number of nitrogen functional groups attached to an aromatic ring is 1. The van der Waals surface area contributed by atoms with Gasteiger partial charge in [-0.15, -0.1) is 0 Å². The number of amides is 2. The summed E-state index contributed by atoms with van der Waals surface area (Å²) in [6.07, 6.45) is -4.29. The number of hydrogen-bond donors (Lipinski definition) is 10. The first kappa shape index (κ1) is 48.0. The second-order valence-electron chi connectivity index (χ2n) is 13.1. The third kappa shape index (κ3) is 14.2. The predicted molar refractivity (Wildman–Crippen MR) is 204 cm³/mol. The van der Waals surface area contributed by atoms with Crippen LogP contribution in [0.1, 0.15) is 32.1 Å². The van der Waals surface area contributed by atoms with Gasteiger partial charge in [-0.2, -0.15) is 4.31 Å². The molecule has 59 heavy (non-hydrogen) atoms. The molecule has 2 aromatic heterocycles. The number of hydrogen-bond acceptors (Lipinski definition) is 19. The minimum Gasteiger partial charge on any atom is -0.507 e. The van der Waals surface area contributed by atoms with E-state index >= 15 is 0 Å². The number of phosphoric ester groups is 3. The van der Waals surface area contributed by atoms with Crippen molar-refractivity contribution >= 4 is 75.2 Å². The van der Waals surface area contributed by atoms with Gasteiger partial charge in [-0.1, -0.05) is 43.8 Å². The number of imidazole rings is 1. The summed E-state index contributed by atoms with van der Waals surface area (Å²) >= 11 is 0.927. The molecular formula is C30H42N7O18P3S. The number of phenols is 1. The van der Waals surface area contributed by atoms with Crippen LogP contribution in [0.15, 0.2) is 43.0 Å². The number of fused-ring (bicyclic) bond motifs is 1. The summed E-state index contributed by atoms with van der Waals surface area (Å²) in [5, 5.41) is 35.8. The Morgan fingerprint density at radius 3 is 2.44 bits per heavy atom. The standard InChI is InChI=1S/C30H42N7O18P3S/c1-30(2,25(42)28(43)33-10-9-20(39)32-11-12-59-21(40)8-7-17-5-3-4-6-18(17)38)14-52-58(49,50)55-57(47,48)51-13-19-24(54-56(44,45)46)23(41)29(53-19)37-16-36-22-26(31)34-15-35-27(22)37/h3-8,15-16,19,23-25,29,38,41-42H,9-14H2,1-2H3,(H,32,39)(H,33,43)(H,47,48)(H,49,50)(H2,31,34,35)(H2,44,45,46)/b8-7+. The summed E-state index contributed by atoms with van der Waals surface area (Å²) < 4.78 is 62.1. The fourth-order valence-corrected chi connectivity index (χ4v) is 8.51. The molecule has 25 nitrogen and oxygen atoms in total. The number of ether oxygens (including phenoxy) is 1. The first-order valence-corrected chi connectivity index (χ1v) is 22.5. The number of benzene rings is 1. The molecular weight excluding hydrogens is 871 g/mol. The number of nitrogens with one attached hydrogen (secondary N) is 2. The van der Waals surface area contributed by atoms with E-state index in [4.69, 9.17) is 19.5 Å². The van der Waals surface area contributed by atoms with Gasteiger partial charge in [0.2, 0.25) is 16.9 Å². The van der Waals surface area contributed by atoms with Crippen molar-refractivity contribution in [2.24, 2.45) is 5.41 Å². The van der Waals surface area contributed by atoms with Gasteiger partial charge in [0.25, 0.3) is 0 Å². The molecule has 7 unspecified atom stereocenters. The van der Waals surface area contributed by atoms with Crippen LogP contribution in [0, 0.1) is 5.41 Å². The summed E-state index contributed by atoms with van der Waals surface area (Å²) in [5.74, 6) is -1.28. The van der Waals surface area contributed by atoms with Gasteiger partial charge in [-0.05, 0) is 18.2 Å². The zero-order chi connectivity index (χ0) is 43.8. The third-order valence-corrected chi connectivity index (χ3v) is 12.0. The quantitative estimate of drug-likeness (QED) is 0.0384. The highest BCUT2D eigenvalue weighted by Gasteiger charge is 2.50. The van der Waals surface area contributed by atoms with Crippen molar-refractivity contribution in [3.8, 4) is 5.75 Å². The number of carbonyl (C=O) groups is 3. The number of nitrogens with zero attached hydrogens (tertiary/aromatic N) is 4. The molecule has 29 heteroatoms. The molecule has 7 atom stereocenters. The summed E-state index contributed by atoms with van der Waals surface area (Å²) in [5.41, 5.74) is 4.69. The summed E-state index contributed by atoms with van der Waals surface area (Å²) in [4.78, 5) is 87.7. The van der Waals surface area contributed by atoms with E-state index < -0.39 is 84.6 Å². The predicted octanol–water partition coefficient (Wildman–Crippen LogP) is 0.0837. The van der Waals surface area contributed by atoms with E-state index in [-0.39, 0.29) is 53.1 Å². The van der Waals surface area contributed by atoms with Gasteiger partial charge in [0.05, 0.1) is 19.5 Å². The molecule has 3 aromatic rings. The minimum absolute atomic E-state index is 0.0165. The molecule has 3 heterocycles. The highest BCUT2D eigenvalue weighted by molar-refractivity contribution is 8.14. The Hall–Kier alpha value is -3.68. The molecule has 1 fully saturated rings. The number of aliphatic hydroxyl groups is 2. The van der Waals surface area contributed by atoms with E-state index in [9.17, 15) is 63.0 Å². The average Bonchev–Trinajstić information content (AvgIpc) is 3.71. The largest absolute Gasteiger partial charge is 0.507 e. The average molecular weight is 914 g/mol. The van der Waals surface area contributed by atoms with Crippen LogP contribution in [-0.4, -0.2) is 128 Å². The molecule has 1 saturated heterocycles.